The van der Waals surface area contributed by atoms with Crippen LogP contribution in [-0.2, 0) is 12.9 Å². The molecule has 10 heteroatoms. The summed E-state index contributed by atoms with van der Waals surface area (Å²) in [6, 6.07) is 1.84. The fourth-order valence-electron chi connectivity index (χ4n) is 3.27. The van der Waals surface area contributed by atoms with Crippen molar-refractivity contribution in [3.63, 3.8) is 0 Å². The molecule has 0 bridgehead atoms. The van der Waals surface area contributed by atoms with Crippen molar-refractivity contribution in [2.24, 2.45) is 5.92 Å². The molecule has 1 atom stereocenters. The number of fused-ring (bicyclic) bond motifs is 1. The Hall–Kier alpha value is -2.78. The van der Waals surface area contributed by atoms with Gasteiger partial charge >= 0.3 is 6.18 Å². The van der Waals surface area contributed by atoms with E-state index in [9.17, 15) is 26.7 Å². The number of hydrogen-bond donors (Lipinski definition) is 1. The first-order valence-electron chi connectivity index (χ1n) is 9.86. The van der Waals surface area contributed by atoms with E-state index in [0.29, 0.717) is 6.07 Å². The minimum absolute atomic E-state index is 0.0360. The quantitative estimate of drug-likeness (QED) is 0.524. The fourth-order valence-corrected chi connectivity index (χ4v) is 3.27. The molecule has 1 unspecified atom stereocenters. The molecule has 31 heavy (non-hydrogen) atoms. The van der Waals surface area contributed by atoms with Gasteiger partial charge in [-0.25, -0.2) is 18.4 Å². The molecule has 2 aromatic heterocycles. The van der Waals surface area contributed by atoms with Crippen LogP contribution in [-0.4, -0.2) is 19.7 Å². The summed E-state index contributed by atoms with van der Waals surface area (Å²) in [6.07, 6.45) is -3.57. The van der Waals surface area contributed by atoms with Gasteiger partial charge in [-0.05, 0) is 30.5 Å². The Bertz CT molecular complexity index is 1100. The maximum absolute atomic E-state index is 14.1. The summed E-state index contributed by atoms with van der Waals surface area (Å²) in [5, 5.41) is 4.09. The molecule has 1 aromatic carbocycles. The molecule has 0 radical (unpaired) electrons. The molecular formula is C21H25F5N4O. The van der Waals surface area contributed by atoms with Gasteiger partial charge in [-0.3, -0.25) is 4.79 Å². The average Bonchev–Trinajstić information content (AvgIpc) is 3.00. The van der Waals surface area contributed by atoms with Crippen LogP contribution in [0.15, 0.2) is 23.0 Å². The average molecular weight is 444 g/mol. The van der Waals surface area contributed by atoms with Crippen LogP contribution in [0, 0.1) is 18.7 Å². The van der Waals surface area contributed by atoms with Crippen LogP contribution in [0.3, 0.4) is 0 Å². The van der Waals surface area contributed by atoms with Gasteiger partial charge in [-0.1, -0.05) is 40.2 Å². The monoisotopic (exact) mass is 444 g/mol. The zero-order valence-electron chi connectivity index (χ0n) is 17.9. The molecule has 0 saturated heterocycles. The van der Waals surface area contributed by atoms with E-state index in [1.807, 2.05) is 0 Å². The number of aryl methyl sites for hydroxylation is 1. The number of aromatic nitrogens is 4. The van der Waals surface area contributed by atoms with Crippen molar-refractivity contribution in [2.45, 2.75) is 59.9 Å². The van der Waals surface area contributed by atoms with Gasteiger partial charge in [0.1, 0.15) is 29.4 Å². The molecule has 3 aromatic rings. The van der Waals surface area contributed by atoms with Crippen LogP contribution in [0.25, 0.3) is 11.0 Å². The molecule has 0 aliphatic carbocycles. The second-order valence-electron chi connectivity index (χ2n) is 7.51. The lowest BCUT2D eigenvalue weighted by molar-refractivity contribution is -0.140. The van der Waals surface area contributed by atoms with Crippen molar-refractivity contribution >= 4 is 11.0 Å². The van der Waals surface area contributed by atoms with E-state index in [-0.39, 0.29) is 34.0 Å². The third-order valence-corrected chi connectivity index (χ3v) is 4.41. The topological polar surface area (TPSA) is 63.6 Å². The van der Waals surface area contributed by atoms with E-state index < -0.39 is 35.8 Å². The summed E-state index contributed by atoms with van der Waals surface area (Å²) in [4.78, 5) is 18.9. The molecule has 0 aliphatic heterocycles. The van der Waals surface area contributed by atoms with E-state index in [1.54, 1.807) is 13.8 Å². The zero-order chi connectivity index (χ0) is 23.5. The van der Waals surface area contributed by atoms with Gasteiger partial charge in [0.25, 0.3) is 5.56 Å². The molecular weight excluding hydrogens is 419 g/mol. The van der Waals surface area contributed by atoms with E-state index in [1.165, 1.54) is 18.0 Å². The van der Waals surface area contributed by atoms with Gasteiger partial charge in [-0.15, -0.1) is 0 Å². The standard InChI is InChI=1S/C18H17F5N4O.C3H8/c1-8(2)15(10-4-5-11(12(20)6-10)18(21,22)23)27-16-14(13(7-19)26-27)17(28)25-9(3)24-16;1-3-2/h4-6,8,15H,7H2,1-3H3,(H,24,25,28);3H2,1-2H3. The summed E-state index contributed by atoms with van der Waals surface area (Å²) < 4.78 is 67.4. The molecule has 0 aliphatic rings. The largest absolute Gasteiger partial charge is 0.419 e. The smallest absolute Gasteiger partial charge is 0.310 e. The number of benzene rings is 1. The fraction of sp³-hybridized carbons (Fsp3) is 0.476. The van der Waals surface area contributed by atoms with Gasteiger partial charge in [0.15, 0.2) is 5.65 Å². The van der Waals surface area contributed by atoms with Crippen molar-refractivity contribution in [3.8, 4) is 0 Å². The Labute approximate surface area is 176 Å². The molecule has 5 nitrogen and oxygen atoms in total. The van der Waals surface area contributed by atoms with Crippen LogP contribution in [0.5, 0.6) is 0 Å². The third-order valence-electron chi connectivity index (χ3n) is 4.41. The van der Waals surface area contributed by atoms with Crippen LogP contribution in [0.4, 0.5) is 22.0 Å². The molecule has 2 heterocycles. The van der Waals surface area contributed by atoms with E-state index in [2.05, 4.69) is 28.9 Å². The second-order valence-corrected chi connectivity index (χ2v) is 7.51. The highest BCUT2D eigenvalue weighted by Crippen LogP contribution is 2.35. The predicted molar refractivity (Wildman–Crippen MR) is 108 cm³/mol. The minimum atomic E-state index is -4.82. The highest BCUT2D eigenvalue weighted by Gasteiger charge is 2.35. The molecule has 1 N–H and O–H groups in total. The van der Waals surface area contributed by atoms with Crippen LogP contribution in [0.1, 0.15) is 62.8 Å². The minimum Gasteiger partial charge on any atom is -0.310 e. The number of nitrogens with zero attached hydrogens (tertiary/aromatic N) is 3. The summed E-state index contributed by atoms with van der Waals surface area (Å²) in [7, 11) is 0. The number of H-pyrrole nitrogens is 1. The molecule has 0 saturated carbocycles. The number of aromatic amines is 1. The molecule has 0 spiro atoms. The van der Waals surface area contributed by atoms with E-state index in [4.69, 9.17) is 0 Å². The lowest BCUT2D eigenvalue weighted by atomic mass is 9.95. The van der Waals surface area contributed by atoms with Crippen molar-refractivity contribution < 1.29 is 22.0 Å². The Balaban J connectivity index is 0.00000107. The summed E-state index contributed by atoms with van der Waals surface area (Å²) >= 11 is 0. The van der Waals surface area contributed by atoms with Gasteiger partial charge < -0.3 is 4.98 Å². The highest BCUT2D eigenvalue weighted by atomic mass is 19.4. The van der Waals surface area contributed by atoms with Gasteiger partial charge in [-0.2, -0.15) is 18.3 Å². The Morgan fingerprint density at radius 1 is 1.19 bits per heavy atom. The summed E-state index contributed by atoms with van der Waals surface area (Å²) in [6.45, 7) is 8.27. The van der Waals surface area contributed by atoms with Crippen LogP contribution < -0.4 is 5.56 Å². The van der Waals surface area contributed by atoms with Gasteiger partial charge in [0.05, 0.1) is 11.6 Å². The maximum atomic E-state index is 14.1. The van der Waals surface area contributed by atoms with E-state index >= 15 is 0 Å². The van der Waals surface area contributed by atoms with Gasteiger partial charge in [0, 0.05) is 0 Å². The number of rotatable bonds is 4. The third kappa shape index (κ3) is 5.11. The summed E-state index contributed by atoms with van der Waals surface area (Å²) in [5.41, 5.74) is -1.79. The van der Waals surface area contributed by atoms with Crippen molar-refractivity contribution in [3.05, 3.63) is 57.0 Å². The first-order chi connectivity index (χ1) is 14.5. The number of hydrogen-bond acceptors (Lipinski definition) is 3. The Morgan fingerprint density at radius 3 is 2.29 bits per heavy atom. The normalized spacial score (nSPS) is 12.7. The number of nitrogens with one attached hydrogen (secondary N) is 1. The second kappa shape index (κ2) is 9.57. The predicted octanol–water partition coefficient (Wildman–Crippen LogP) is 5.72. The summed E-state index contributed by atoms with van der Waals surface area (Å²) in [5.74, 6) is -1.42. The Kier molecular flexibility index (Phi) is 7.56. The van der Waals surface area contributed by atoms with Crippen molar-refractivity contribution in [2.75, 3.05) is 0 Å². The van der Waals surface area contributed by atoms with Gasteiger partial charge in [0.2, 0.25) is 0 Å². The van der Waals surface area contributed by atoms with Crippen LogP contribution >= 0.6 is 0 Å². The molecule has 3 rings (SSSR count). The zero-order valence-corrected chi connectivity index (χ0v) is 17.9. The maximum Gasteiger partial charge on any atom is 0.419 e. The molecule has 0 amide bonds. The van der Waals surface area contributed by atoms with Crippen LogP contribution in [0.2, 0.25) is 0 Å². The lowest BCUT2D eigenvalue weighted by Gasteiger charge is -2.23. The van der Waals surface area contributed by atoms with Crippen molar-refractivity contribution in [1.29, 1.82) is 0 Å². The van der Waals surface area contributed by atoms with E-state index in [0.717, 1.165) is 12.1 Å². The lowest BCUT2D eigenvalue weighted by Crippen LogP contribution is -2.20. The Morgan fingerprint density at radius 2 is 1.81 bits per heavy atom. The SMILES string of the molecule is CCC.Cc1nc2c(c(CF)nn2C(c2ccc(C(F)(F)F)c(F)c2)C(C)C)c(=O)[nH]1. The first-order valence-corrected chi connectivity index (χ1v) is 9.86. The molecule has 170 valence electrons. The highest BCUT2D eigenvalue weighted by molar-refractivity contribution is 5.77. The number of halogens is 5. The van der Waals surface area contributed by atoms with Crippen molar-refractivity contribution in [1.82, 2.24) is 19.7 Å². The first kappa shape index (κ1) is 24.5. The number of alkyl halides is 4. The molecule has 0 fully saturated rings.